The third-order valence-corrected chi connectivity index (χ3v) is 7.83. The number of ether oxygens (including phenoxy) is 5. The largest absolute Gasteiger partial charge is 0.507 e. The number of rotatable bonds is 7. The van der Waals surface area contributed by atoms with Crippen LogP contribution in [-0.4, -0.2) is 110 Å². The second kappa shape index (κ2) is 11.4. The zero-order chi connectivity index (χ0) is 29.6. The van der Waals surface area contributed by atoms with Crippen molar-refractivity contribution in [1.82, 2.24) is 0 Å². The first-order valence-electron chi connectivity index (χ1n) is 13.2. The van der Waals surface area contributed by atoms with Crippen LogP contribution in [0.3, 0.4) is 0 Å². The molecule has 9 unspecified atom stereocenters. The molecule has 3 aliphatic rings. The Balaban J connectivity index is 1.37. The van der Waals surface area contributed by atoms with E-state index in [-0.39, 0.29) is 40.6 Å². The van der Waals surface area contributed by atoms with Gasteiger partial charge in [-0.05, 0) is 19.4 Å². The van der Waals surface area contributed by atoms with Crippen molar-refractivity contribution in [2.75, 3.05) is 19.8 Å². The second-order valence-electron chi connectivity index (χ2n) is 10.6. The molecule has 9 atom stereocenters. The number of carbonyl (C=O) groups excluding carboxylic acids is 1. The molecule has 5 rings (SSSR count). The molecular weight excluding hydrogens is 544 g/mol. The molecule has 7 N–H and O–H groups in total. The molecule has 13 heteroatoms. The van der Waals surface area contributed by atoms with E-state index >= 15 is 0 Å². The maximum absolute atomic E-state index is 13.1. The summed E-state index contributed by atoms with van der Waals surface area (Å²) >= 11 is 0. The summed E-state index contributed by atoms with van der Waals surface area (Å²) in [7, 11) is 0. The van der Waals surface area contributed by atoms with Crippen molar-refractivity contribution in [2.24, 2.45) is 0 Å². The Hall–Kier alpha value is -2.85. The number of phenolic OH excluding ortho intramolecular Hbond substituents is 1. The number of ketones is 1. The SMILES string of the molecule is Cc1c(O)c2c(c(C)c1OC1OC(COC3OCC(O)(CO)C3O)C(O)C(O)C1O)OC(c1ccccc1)CC2=O. The number of benzene rings is 2. The van der Waals surface area contributed by atoms with Crippen molar-refractivity contribution in [3.05, 3.63) is 52.6 Å². The van der Waals surface area contributed by atoms with Crippen LogP contribution in [0.1, 0.15) is 39.6 Å². The third kappa shape index (κ3) is 5.29. The molecule has 3 aliphatic heterocycles. The minimum atomic E-state index is -1.93. The minimum Gasteiger partial charge on any atom is -0.507 e. The number of aliphatic hydroxyl groups excluding tert-OH is 5. The molecule has 41 heavy (non-hydrogen) atoms. The van der Waals surface area contributed by atoms with E-state index in [1.807, 2.05) is 30.3 Å². The average molecular weight is 579 g/mol. The summed E-state index contributed by atoms with van der Waals surface area (Å²) in [4.78, 5) is 13.1. The summed E-state index contributed by atoms with van der Waals surface area (Å²) in [6.45, 7) is 1.50. The molecular formula is C28H34O13. The van der Waals surface area contributed by atoms with E-state index in [1.165, 1.54) is 6.92 Å². The second-order valence-corrected chi connectivity index (χ2v) is 10.6. The van der Waals surface area contributed by atoms with Gasteiger partial charge in [0.25, 0.3) is 0 Å². The first-order valence-corrected chi connectivity index (χ1v) is 13.2. The van der Waals surface area contributed by atoms with Gasteiger partial charge >= 0.3 is 0 Å². The van der Waals surface area contributed by atoms with Gasteiger partial charge in [0.1, 0.15) is 65.0 Å². The fourth-order valence-electron chi connectivity index (χ4n) is 5.26. The lowest BCUT2D eigenvalue weighted by molar-refractivity contribution is -0.289. The predicted octanol–water partition coefficient (Wildman–Crippen LogP) is -0.641. The summed E-state index contributed by atoms with van der Waals surface area (Å²) < 4.78 is 28.4. The number of phenols is 1. The maximum Gasteiger partial charge on any atom is 0.229 e. The van der Waals surface area contributed by atoms with Crippen LogP contribution in [0.15, 0.2) is 30.3 Å². The van der Waals surface area contributed by atoms with Gasteiger partial charge in [-0.15, -0.1) is 0 Å². The quantitative estimate of drug-likeness (QED) is 0.219. The summed E-state index contributed by atoms with van der Waals surface area (Å²) in [6, 6.07) is 9.13. The van der Waals surface area contributed by atoms with Gasteiger partial charge in [0.15, 0.2) is 12.1 Å². The molecule has 2 aromatic carbocycles. The normalized spacial score (nSPS) is 35.2. The van der Waals surface area contributed by atoms with Gasteiger partial charge in [0.2, 0.25) is 6.29 Å². The zero-order valence-corrected chi connectivity index (χ0v) is 22.4. The van der Waals surface area contributed by atoms with E-state index in [1.54, 1.807) is 6.92 Å². The Bertz CT molecular complexity index is 1270. The number of hydrogen-bond donors (Lipinski definition) is 7. The number of Topliss-reactive ketones (excluding diaryl/α,β-unsaturated/α-hetero) is 1. The van der Waals surface area contributed by atoms with Gasteiger partial charge in [0.05, 0.1) is 26.2 Å². The van der Waals surface area contributed by atoms with Crippen molar-refractivity contribution < 1.29 is 64.2 Å². The molecule has 0 aliphatic carbocycles. The molecule has 2 fully saturated rings. The van der Waals surface area contributed by atoms with Crippen LogP contribution < -0.4 is 9.47 Å². The van der Waals surface area contributed by atoms with Crippen LogP contribution in [-0.2, 0) is 14.2 Å². The lowest BCUT2D eigenvalue weighted by Crippen LogP contribution is -2.60. The van der Waals surface area contributed by atoms with Gasteiger partial charge < -0.3 is 59.4 Å². The molecule has 0 spiro atoms. The van der Waals surface area contributed by atoms with Crippen molar-refractivity contribution in [3.63, 3.8) is 0 Å². The highest BCUT2D eigenvalue weighted by Crippen LogP contribution is 2.48. The van der Waals surface area contributed by atoms with E-state index < -0.39 is 74.6 Å². The highest BCUT2D eigenvalue weighted by Gasteiger charge is 2.50. The number of aliphatic hydroxyl groups is 6. The summed E-state index contributed by atoms with van der Waals surface area (Å²) in [5.41, 5.74) is -0.618. The van der Waals surface area contributed by atoms with Crippen molar-refractivity contribution in [3.8, 4) is 17.2 Å². The molecule has 0 saturated carbocycles. The van der Waals surface area contributed by atoms with Crippen LogP contribution in [0.25, 0.3) is 0 Å². The van der Waals surface area contributed by atoms with E-state index in [0.29, 0.717) is 5.56 Å². The van der Waals surface area contributed by atoms with Crippen LogP contribution >= 0.6 is 0 Å². The highest BCUT2D eigenvalue weighted by atomic mass is 16.7. The van der Waals surface area contributed by atoms with Crippen LogP contribution in [0.4, 0.5) is 0 Å². The molecule has 0 radical (unpaired) electrons. The Morgan fingerprint density at radius 3 is 2.37 bits per heavy atom. The average Bonchev–Trinajstić information content (AvgIpc) is 3.26. The smallest absolute Gasteiger partial charge is 0.229 e. The standard InChI is InChI=1S/C28H34O13/c1-12-19(31)18-15(30)8-16(14-6-4-3-5-7-14)39-24(18)13(2)23(12)41-26-22(34)21(33)20(32)17(40-26)9-37-27-25(35)28(36,10-29)11-38-27/h3-7,16-17,20-22,25-27,29,31-36H,8-11H2,1-2H3. The number of aromatic hydroxyl groups is 1. The summed E-state index contributed by atoms with van der Waals surface area (Å²) in [6.07, 6.45) is -11.5. The Labute approximate surface area is 235 Å². The predicted molar refractivity (Wildman–Crippen MR) is 137 cm³/mol. The molecule has 0 aromatic heterocycles. The van der Waals surface area contributed by atoms with Crippen LogP contribution in [0, 0.1) is 13.8 Å². The van der Waals surface area contributed by atoms with Crippen LogP contribution in [0.2, 0.25) is 0 Å². The van der Waals surface area contributed by atoms with E-state index in [4.69, 9.17) is 23.7 Å². The fraction of sp³-hybridized carbons (Fsp3) is 0.536. The molecule has 13 nitrogen and oxygen atoms in total. The Morgan fingerprint density at radius 2 is 1.71 bits per heavy atom. The van der Waals surface area contributed by atoms with Gasteiger partial charge in [-0.3, -0.25) is 4.79 Å². The molecule has 224 valence electrons. The van der Waals surface area contributed by atoms with E-state index in [9.17, 15) is 40.5 Å². The minimum absolute atomic E-state index is 0.0179. The fourth-order valence-corrected chi connectivity index (χ4v) is 5.26. The number of carbonyl (C=O) groups is 1. The van der Waals surface area contributed by atoms with Crippen molar-refractivity contribution >= 4 is 5.78 Å². The molecule has 0 bridgehead atoms. The van der Waals surface area contributed by atoms with Crippen LogP contribution in [0.5, 0.6) is 17.2 Å². The molecule has 0 amide bonds. The first-order chi connectivity index (χ1) is 19.5. The number of fused-ring (bicyclic) bond motifs is 1. The highest BCUT2D eigenvalue weighted by molar-refractivity contribution is 6.03. The molecule has 2 saturated heterocycles. The van der Waals surface area contributed by atoms with Gasteiger partial charge in [-0.2, -0.15) is 0 Å². The Morgan fingerprint density at radius 1 is 1.00 bits per heavy atom. The summed E-state index contributed by atoms with van der Waals surface area (Å²) in [5, 5.41) is 72.3. The first kappa shape index (κ1) is 29.6. The topological polar surface area (TPSA) is 205 Å². The van der Waals surface area contributed by atoms with E-state index in [2.05, 4.69) is 0 Å². The van der Waals surface area contributed by atoms with Crippen molar-refractivity contribution in [1.29, 1.82) is 0 Å². The van der Waals surface area contributed by atoms with Gasteiger partial charge in [0, 0.05) is 11.1 Å². The summed E-state index contributed by atoms with van der Waals surface area (Å²) in [5.74, 6) is -0.517. The maximum atomic E-state index is 13.1. The van der Waals surface area contributed by atoms with E-state index in [0.717, 1.165) is 5.56 Å². The van der Waals surface area contributed by atoms with Gasteiger partial charge in [-0.1, -0.05) is 30.3 Å². The Kier molecular flexibility index (Phi) is 8.27. The lowest BCUT2D eigenvalue weighted by atomic mass is 9.91. The zero-order valence-electron chi connectivity index (χ0n) is 22.4. The lowest BCUT2D eigenvalue weighted by Gasteiger charge is -2.41. The monoisotopic (exact) mass is 578 g/mol. The molecule has 3 heterocycles. The molecule has 2 aromatic rings. The third-order valence-electron chi connectivity index (χ3n) is 7.83. The number of hydrogen-bond acceptors (Lipinski definition) is 13. The van der Waals surface area contributed by atoms with Crippen molar-refractivity contribution in [2.45, 2.75) is 75.1 Å². The van der Waals surface area contributed by atoms with Gasteiger partial charge in [-0.25, -0.2) is 0 Å².